The predicted molar refractivity (Wildman–Crippen MR) is 73.9 cm³/mol. The summed E-state index contributed by atoms with van der Waals surface area (Å²) in [5.74, 6) is 0.333. The maximum atomic E-state index is 12.6. The average Bonchev–Trinajstić information content (AvgIpc) is 2.32. The molecule has 0 aliphatic heterocycles. The van der Waals surface area contributed by atoms with E-state index in [2.05, 4.69) is 24.1 Å². The number of nitrogens with one attached hydrogen (secondary N) is 1. The molecule has 1 aromatic heterocycles. The normalized spacial score (nSPS) is 22.6. The van der Waals surface area contributed by atoms with Crippen LogP contribution in [0.5, 0.6) is 0 Å². The van der Waals surface area contributed by atoms with Gasteiger partial charge in [0.25, 0.3) is 0 Å². The minimum Gasteiger partial charge on any atom is -0.366 e. The van der Waals surface area contributed by atoms with Crippen molar-refractivity contribution < 1.29 is 13.2 Å². The van der Waals surface area contributed by atoms with Crippen LogP contribution in [0.1, 0.15) is 45.1 Å². The van der Waals surface area contributed by atoms with Gasteiger partial charge in [0.05, 0.1) is 10.6 Å². The Hall–Kier alpha value is -0.970. The third-order valence-electron chi connectivity index (χ3n) is 3.99. The lowest BCUT2D eigenvalue weighted by molar-refractivity contribution is -0.137. The van der Waals surface area contributed by atoms with E-state index >= 15 is 0 Å². The van der Waals surface area contributed by atoms with Crippen LogP contribution in [0.15, 0.2) is 12.3 Å². The van der Waals surface area contributed by atoms with Crippen LogP contribution in [0, 0.1) is 5.41 Å². The Morgan fingerprint density at radius 2 is 2.05 bits per heavy atom. The highest BCUT2D eigenvalue weighted by atomic mass is 35.5. The number of halogens is 4. The molecule has 6 heteroatoms. The van der Waals surface area contributed by atoms with Gasteiger partial charge in [-0.15, -0.1) is 0 Å². The van der Waals surface area contributed by atoms with E-state index in [-0.39, 0.29) is 16.5 Å². The van der Waals surface area contributed by atoms with Crippen molar-refractivity contribution in [2.24, 2.45) is 5.41 Å². The largest absolute Gasteiger partial charge is 0.417 e. The van der Waals surface area contributed by atoms with Crippen molar-refractivity contribution >= 4 is 17.4 Å². The van der Waals surface area contributed by atoms with Gasteiger partial charge >= 0.3 is 6.18 Å². The molecule has 1 saturated carbocycles. The number of alkyl halides is 3. The number of aromatic nitrogens is 1. The molecule has 0 amide bonds. The van der Waals surface area contributed by atoms with E-state index in [1.807, 2.05) is 0 Å². The monoisotopic (exact) mass is 306 g/mol. The smallest absolute Gasteiger partial charge is 0.366 e. The zero-order valence-corrected chi connectivity index (χ0v) is 12.3. The molecular weight excluding hydrogens is 289 g/mol. The molecule has 0 aromatic carbocycles. The fourth-order valence-electron chi connectivity index (χ4n) is 2.63. The second kappa shape index (κ2) is 5.43. The molecule has 1 atom stereocenters. The molecule has 1 heterocycles. The van der Waals surface area contributed by atoms with Crippen LogP contribution in [0.3, 0.4) is 0 Å². The summed E-state index contributed by atoms with van der Waals surface area (Å²) in [6, 6.07) is 1.10. The van der Waals surface area contributed by atoms with E-state index in [1.54, 1.807) is 0 Å². The van der Waals surface area contributed by atoms with Gasteiger partial charge in [-0.05, 0) is 24.3 Å². The molecule has 0 radical (unpaired) electrons. The highest BCUT2D eigenvalue weighted by Gasteiger charge is 2.34. The number of rotatable bonds is 2. The van der Waals surface area contributed by atoms with Crippen LogP contribution < -0.4 is 5.32 Å². The van der Waals surface area contributed by atoms with Crippen molar-refractivity contribution in [3.05, 3.63) is 22.8 Å². The van der Waals surface area contributed by atoms with Crippen molar-refractivity contribution in [2.45, 2.75) is 51.7 Å². The van der Waals surface area contributed by atoms with Gasteiger partial charge in [0.1, 0.15) is 5.82 Å². The number of hydrogen-bond donors (Lipinski definition) is 1. The van der Waals surface area contributed by atoms with Crippen molar-refractivity contribution in [1.29, 1.82) is 0 Å². The van der Waals surface area contributed by atoms with Gasteiger partial charge < -0.3 is 5.32 Å². The minimum absolute atomic E-state index is 0.0150. The minimum atomic E-state index is -4.42. The molecule has 1 unspecified atom stereocenters. The summed E-state index contributed by atoms with van der Waals surface area (Å²) in [5, 5.41) is 3.22. The Labute approximate surface area is 121 Å². The summed E-state index contributed by atoms with van der Waals surface area (Å²) in [5.41, 5.74) is -0.734. The second-order valence-corrected chi connectivity index (χ2v) is 6.39. The highest BCUT2D eigenvalue weighted by molar-refractivity contribution is 6.33. The lowest BCUT2D eigenvalue weighted by Crippen LogP contribution is -2.39. The zero-order valence-electron chi connectivity index (χ0n) is 11.5. The van der Waals surface area contributed by atoms with Gasteiger partial charge in [0.2, 0.25) is 0 Å². The molecule has 0 spiro atoms. The maximum Gasteiger partial charge on any atom is 0.417 e. The Morgan fingerprint density at radius 3 is 2.60 bits per heavy atom. The second-order valence-electron chi connectivity index (χ2n) is 5.98. The standard InChI is InChI=1S/C14H18ClF3N2/c1-13(2)6-4-3-5-11(13)20-12-10(15)7-9(8-19-12)14(16,17)18/h7-8,11H,3-6H2,1-2H3,(H,19,20). The Bertz CT molecular complexity index is 486. The fourth-order valence-corrected chi connectivity index (χ4v) is 2.85. The first-order chi connectivity index (χ1) is 9.20. The summed E-state index contributed by atoms with van der Waals surface area (Å²) < 4.78 is 37.7. The van der Waals surface area contributed by atoms with Gasteiger partial charge in [-0.1, -0.05) is 38.3 Å². The van der Waals surface area contributed by atoms with Crippen molar-refractivity contribution in [3.8, 4) is 0 Å². The van der Waals surface area contributed by atoms with Crippen molar-refractivity contribution in [2.75, 3.05) is 5.32 Å². The molecule has 20 heavy (non-hydrogen) atoms. The molecule has 0 bridgehead atoms. The third kappa shape index (κ3) is 3.37. The van der Waals surface area contributed by atoms with E-state index in [1.165, 1.54) is 6.42 Å². The van der Waals surface area contributed by atoms with Crippen molar-refractivity contribution in [3.63, 3.8) is 0 Å². The predicted octanol–water partition coefficient (Wildman–Crippen LogP) is 5.13. The van der Waals surface area contributed by atoms with Crippen LogP contribution in [0.2, 0.25) is 5.02 Å². The quantitative estimate of drug-likeness (QED) is 0.819. The first kappa shape index (κ1) is 15.4. The number of pyridine rings is 1. The molecule has 1 aromatic rings. The van der Waals surface area contributed by atoms with Crippen molar-refractivity contribution in [1.82, 2.24) is 4.98 Å². The molecule has 2 rings (SSSR count). The fraction of sp³-hybridized carbons (Fsp3) is 0.643. The van der Waals surface area contributed by atoms with Crippen LogP contribution in [-0.4, -0.2) is 11.0 Å². The summed E-state index contributed by atoms with van der Waals surface area (Å²) >= 11 is 5.92. The van der Waals surface area contributed by atoms with Crippen LogP contribution in [0.4, 0.5) is 19.0 Å². The number of hydrogen-bond acceptors (Lipinski definition) is 2. The Kier molecular flexibility index (Phi) is 4.19. The number of anilines is 1. The summed E-state index contributed by atoms with van der Waals surface area (Å²) in [7, 11) is 0. The molecule has 112 valence electrons. The van der Waals surface area contributed by atoms with Gasteiger partial charge in [0, 0.05) is 12.2 Å². The van der Waals surface area contributed by atoms with Crippen LogP contribution in [0.25, 0.3) is 0 Å². The molecular formula is C14H18ClF3N2. The maximum absolute atomic E-state index is 12.6. The first-order valence-electron chi connectivity index (χ1n) is 6.69. The zero-order chi connectivity index (χ0) is 15.0. The average molecular weight is 307 g/mol. The van der Waals surface area contributed by atoms with E-state index in [0.717, 1.165) is 31.5 Å². The van der Waals surface area contributed by atoms with E-state index < -0.39 is 11.7 Å². The molecule has 1 aliphatic rings. The lowest BCUT2D eigenvalue weighted by atomic mass is 9.73. The van der Waals surface area contributed by atoms with Gasteiger partial charge in [0.15, 0.2) is 0 Å². The molecule has 1 fully saturated rings. The van der Waals surface area contributed by atoms with Gasteiger partial charge in [-0.25, -0.2) is 4.98 Å². The number of nitrogens with zero attached hydrogens (tertiary/aromatic N) is 1. The Morgan fingerprint density at radius 1 is 1.35 bits per heavy atom. The summed E-state index contributed by atoms with van der Waals surface area (Å²) in [6.45, 7) is 4.31. The first-order valence-corrected chi connectivity index (χ1v) is 7.07. The third-order valence-corrected chi connectivity index (χ3v) is 4.27. The van der Waals surface area contributed by atoms with Crippen LogP contribution >= 0.6 is 11.6 Å². The molecule has 1 aliphatic carbocycles. The van der Waals surface area contributed by atoms with Gasteiger partial charge in [-0.2, -0.15) is 13.2 Å². The molecule has 0 saturated heterocycles. The topological polar surface area (TPSA) is 24.9 Å². The summed E-state index contributed by atoms with van der Waals surface area (Å²) in [4.78, 5) is 3.84. The Balaban J connectivity index is 2.18. The van der Waals surface area contributed by atoms with Gasteiger partial charge in [-0.3, -0.25) is 0 Å². The van der Waals surface area contributed by atoms with Crippen LogP contribution in [-0.2, 0) is 6.18 Å². The summed E-state index contributed by atoms with van der Waals surface area (Å²) in [6.07, 6.45) is 0.761. The SMILES string of the molecule is CC1(C)CCCCC1Nc1ncc(C(F)(F)F)cc1Cl. The highest BCUT2D eigenvalue weighted by Crippen LogP contribution is 2.38. The molecule has 1 N–H and O–H groups in total. The molecule has 2 nitrogen and oxygen atoms in total. The van der Waals surface area contributed by atoms with E-state index in [9.17, 15) is 13.2 Å². The van der Waals surface area contributed by atoms with E-state index in [0.29, 0.717) is 5.82 Å². The lowest BCUT2D eigenvalue weighted by Gasteiger charge is -2.39. The van der Waals surface area contributed by atoms with E-state index in [4.69, 9.17) is 11.6 Å².